The molecule has 1 aromatic carbocycles. The smallest absolute Gasteiger partial charge is 0.190 e. The largest absolute Gasteiger partial charge is 0.384 e. The Hall–Kier alpha value is -1.26. The molecule has 2 aromatic rings. The van der Waals surface area contributed by atoms with Crippen LogP contribution < -0.4 is 5.73 Å². The van der Waals surface area contributed by atoms with Crippen LogP contribution in [0.5, 0.6) is 0 Å². The highest BCUT2D eigenvalue weighted by Gasteiger charge is 2.02. The zero-order valence-electron chi connectivity index (χ0n) is 9.35. The highest BCUT2D eigenvalue weighted by molar-refractivity contribution is 7.98. The fraction of sp³-hybridized carbons (Fsp3) is 0.167. The Balaban J connectivity index is 2.07. The molecule has 17 heavy (non-hydrogen) atoms. The molecule has 0 bridgehead atoms. The van der Waals surface area contributed by atoms with Gasteiger partial charge in [-0.05, 0) is 24.6 Å². The predicted molar refractivity (Wildman–Crippen MR) is 72.2 cm³/mol. The van der Waals surface area contributed by atoms with E-state index in [0.29, 0.717) is 11.0 Å². The summed E-state index contributed by atoms with van der Waals surface area (Å²) in [6.45, 7) is 1.90. The molecule has 1 aromatic heterocycles. The van der Waals surface area contributed by atoms with Crippen LogP contribution in [0.15, 0.2) is 35.5 Å². The van der Waals surface area contributed by atoms with Crippen LogP contribution in [0.4, 0.5) is 5.82 Å². The van der Waals surface area contributed by atoms with E-state index in [0.717, 1.165) is 22.0 Å². The number of aryl methyl sites for hydroxylation is 1. The van der Waals surface area contributed by atoms with Crippen LogP contribution in [-0.4, -0.2) is 9.97 Å². The summed E-state index contributed by atoms with van der Waals surface area (Å²) in [5, 5.41) is 1.44. The van der Waals surface area contributed by atoms with Gasteiger partial charge < -0.3 is 5.73 Å². The van der Waals surface area contributed by atoms with Gasteiger partial charge in [0.15, 0.2) is 5.16 Å². The van der Waals surface area contributed by atoms with Gasteiger partial charge in [0, 0.05) is 22.5 Å². The number of thioether (sulfide) groups is 1. The Kier molecular flexibility index (Phi) is 3.86. The zero-order chi connectivity index (χ0) is 12.3. The van der Waals surface area contributed by atoms with Gasteiger partial charge in [-0.2, -0.15) is 0 Å². The van der Waals surface area contributed by atoms with Crippen molar-refractivity contribution < 1.29 is 0 Å². The van der Waals surface area contributed by atoms with Crippen molar-refractivity contribution in [2.24, 2.45) is 0 Å². The van der Waals surface area contributed by atoms with Crippen molar-refractivity contribution in [2.45, 2.75) is 17.8 Å². The van der Waals surface area contributed by atoms with E-state index in [1.165, 1.54) is 0 Å². The normalized spacial score (nSPS) is 10.5. The molecule has 0 radical (unpaired) electrons. The average molecular weight is 266 g/mol. The molecule has 0 aliphatic carbocycles. The molecule has 0 saturated heterocycles. The number of hydrogen-bond acceptors (Lipinski definition) is 4. The van der Waals surface area contributed by atoms with Crippen LogP contribution in [0.25, 0.3) is 0 Å². The summed E-state index contributed by atoms with van der Waals surface area (Å²) in [5.74, 6) is 1.29. The summed E-state index contributed by atoms with van der Waals surface area (Å²) < 4.78 is 0. The van der Waals surface area contributed by atoms with Crippen LogP contribution in [0.2, 0.25) is 5.02 Å². The first-order chi connectivity index (χ1) is 8.13. The topological polar surface area (TPSA) is 51.8 Å². The van der Waals surface area contributed by atoms with Crippen LogP contribution in [-0.2, 0) is 5.75 Å². The molecule has 0 unspecified atom stereocenters. The van der Waals surface area contributed by atoms with E-state index < -0.39 is 0 Å². The average Bonchev–Trinajstić information content (AvgIpc) is 2.25. The van der Waals surface area contributed by atoms with Crippen LogP contribution >= 0.6 is 23.4 Å². The third-order valence-electron chi connectivity index (χ3n) is 2.11. The minimum atomic E-state index is 0.506. The van der Waals surface area contributed by atoms with Gasteiger partial charge in [-0.25, -0.2) is 9.97 Å². The molecule has 0 aliphatic heterocycles. The lowest BCUT2D eigenvalue weighted by molar-refractivity contribution is 0.940. The van der Waals surface area contributed by atoms with E-state index in [9.17, 15) is 0 Å². The number of benzene rings is 1. The molecule has 1 heterocycles. The molecular formula is C12H12ClN3S. The predicted octanol–water partition coefficient (Wildman–Crippen LogP) is 3.31. The monoisotopic (exact) mass is 265 g/mol. The summed E-state index contributed by atoms with van der Waals surface area (Å²) in [7, 11) is 0. The van der Waals surface area contributed by atoms with Gasteiger partial charge in [0.05, 0.1) is 0 Å². The van der Waals surface area contributed by atoms with Gasteiger partial charge >= 0.3 is 0 Å². The second-order valence-electron chi connectivity index (χ2n) is 3.64. The van der Waals surface area contributed by atoms with E-state index >= 15 is 0 Å². The second-order valence-corrected chi connectivity index (χ2v) is 5.01. The van der Waals surface area contributed by atoms with Crippen LogP contribution in [0.1, 0.15) is 11.3 Å². The number of anilines is 1. The Bertz CT molecular complexity index is 511. The molecule has 0 saturated carbocycles. The lowest BCUT2D eigenvalue weighted by Gasteiger charge is -2.03. The Morgan fingerprint density at radius 1 is 1.29 bits per heavy atom. The number of nitrogens with zero attached hydrogens (tertiary/aromatic N) is 2. The van der Waals surface area contributed by atoms with Gasteiger partial charge in [0.25, 0.3) is 0 Å². The first-order valence-electron chi connectivity index (χ1n) is 5.12. The zero-order valence-corrected chi connectivity index (χ0v) is 10.9. The minimum Gasteiger partial charge on any atom is -0.384 e. The Morgan fingerprint density at radius 2 is 2.12 bits per heavy atom. The first-order valence-corrected chi connectivity index (χ1v) is 6.48. The molecule has 2 rings (SSSR count). The third-order valence-corrected chi connectivity index (χ3v) is 3.26. The van der Waals surface area contributed by atoms with E-state index in [-0.39, 0.29) is 0 Å². The number of nitrogens with two attached hydrogens (primary N) is 1. The number of nitrogen functional groups attached to an aromatic ring is 1. The molecule has 0 amide bonds. The molecule has 0 fully saturated rings. The lowest BCUT2D eigenvalue weighted by Crippen LogP contribution is -1.96. The highest BCUT2D eigenvalue weighted by atomic mass is 35.5. The highest BCUT2D eigenvalue weighted by Crippen LogP contribution is 2.22. The molecule has 0 spiro atoms. The maximum atomic E-state index is 5.92. The number of aromatic nitrogens is 2. The fourth-order valence-electron chi connectivity index (χ4n) is 1.40. The van der Waals surface area contributed by atoms with Crippen molar-refractivity contribution in [2.75, 3.05) is 5.73 Å². The van der Waals surface area contributed by atoms with Gasteiger partial charge in [-0.3, -0.25) is 0 Å². The number of hydrogen-bond donors (Lipinski definition) is 1. The quantitative estimate of drug-likeness (QED) is 0.683. The molecule has 2 N–H and O–H groups in total. The summed E-state index contributed by atoms with van der Waals surface area (Å²) >= 11 is 7.47. The molecule has 0 atom stereocenters. The van der Waals surface area contributed by atoms with E-state index in [4.69, 9.17) is 17.3 Å². The van der Waals surface area contributed by atoms with Crippen molar-refractivity contribution in [1.82, 2.24) is 9.97 Å². The number of rotatable bonds is 3. The maximum absolute atomic E-state index is 5.92. The van der Waals surface area contributed by atoms with E-state index in [1.807, 2.05) is 31.2 Å². The third kappa shape index (κ3) is 3.61. The van der Waals surface area contributed by atoms with E-state index in [2.05, 4.69) is 9.97 Å². The Morgan fingerprint density at radius 3 is 2.82 bits per heavy atom. The van der Waals surface area contributed by atoms with Crippen molar-refractivity contribution in [3.63, 3.8) is 0 Å². The molecule has 3 nitrogen and oxygen atoms in total. The molecular weight excluding hydrogens is 254 g/mol. The molecule has 88 valence electrons. The van der Waals surface area contributed by atoms with Gasteiger partial charge in [0.1, 0.15) is 5.82 Å². The van der Waals surface area contributed by atoms with Crippen molar-refractivity contribution in [1.29, 1.82) is 0 Å². The van der Waals surface area contributed by atoms with Crippen molar-refractivity contribution >= 4 is 29.2 Å². The van der Waals surface area contributed by atoms with E-state index in [1.54, 1.807) is 17.8 Å². The fourth-order valence-corrected chi connectivity index (χ4v) is 2.47. The van der Waals surface area contributed by atoms with Gasteiger partial charge in [-0.15, -0.1) is 0 Å². The van der Waals surface area contributed by atoms with Crippen molar-refractivity contribution in [3.05, 3.63) is 46.6 Å². The standard InChI is InChI=1S/C12H12ClN3S/c1-8-5-11(14)16-12(15-8)17-7-9-3-2-4-10(13)6-9/h2-6H,7H2,1H3,(H2,14,15,16). The summed E-state index contributed by atoms with van der Waals surface area (Å²) in [6, 6.07) is 9.51. The summed E-state index contributed by atoms with van der Waals surface area (Å²) in [6.07, 6.45) is 0. The SMILES string of the molecule is Cc1cc(N)nc(SCc2cccc(Cl)c2)n1. The lowest BCUT2D eigenvalue weighted by atomic mass is 10.2. The summed E-state index contributed by atoms with van der Waals surface area (Å²) in [5.41, 5.74) is 7.69. The second kappa shape index (κ2) is 5.38. The summed E-state index contributed by atoms with van der Waals surface area (Å²) in [4.78, 5) is 8.48. The Labute approximate surface area is 109 Å². The first kappa shape index (κ1) is 12.2. The van der Waals surface area contributed by atoms with Crippen LogP contribution in [0, 0.1) is 6.92 Å². The van der Waals surface area contributed by atoms with Crippen molar-refractivity contribution in [3.8, 4) is 0 Å². The van der Waals surface area contributed by atoms with Gasteiger partial charge in [0.2, 0.25) is 0 Å². The van der Waals surface area contributed by atoms with Crippen LogP contribution in [0.3, 0.4) is 0 Å². The van der Waals surface area contributed by atoms with Gasteiger partial charge in [-0.1, -0.05) is 35.5 Å². The number of halogens is 1. The maximum Gasteiger partial charge on any atom is 0.190 e. The minimum absolute atomic E-state index is 0.506. The molecule has 5 heteroatoms. The molecule has 0 aliphatic rings.